The summed E-state index contributed by atoms with van der Waals surface area (Å²) in [7, 11) is 0. The number of fused-ring (bicyclic) bond motifs is 1. The Balaban J connectivity index is 1.30. The summed E-state index contributed by atoms with van der Waals surface area (Å²) in [6.07, 6.45) is 7.30. The monoisotopic (exact) mass is 532 g/mol. The lowest BCUT2D eigenvalue weighted by Crippen LogP contribution is -2.46. The lowest BCUT2D eigenvalue weighted by Gasteiger charge is -2.37. The second kappa shape index (κ2) is 10.2. The maximum atomic E-state index is 15.2. The maximum Gasteiger partial charge on any atom is 0.229 e. The van der Waals surface area contributed by atoms with E-state index in [1.807, 2.05) is 6.07 Å². The Morgan fingerprint density at radius 3 is 2.69 bits per heavy atom. The fourth-order valence-electron chi connectivity index (χ4n) is 5.63. The minimum Gasteiger partial charge on any atom is -0.368 e. The van der Waals surface area contributed by atoms with Gasteiger partial charge in [-0.2, -0.15) is 9.61 Å². The number of benzene rings is 1. The Bertz CT molecular complexity index is 1510. The number of anilines is 3. The number of nitrogens with two attached hydrogens (primary N) is 1. The molecule has 2 fully saturated rings. The van der Waals surface area contributed by atoms with Gasteiger partial charge in [0.15, 0.2) is 0 Å². The Morgan fingerprint density at radius 2 is 1.95 bits per heavy atom. The molecule has 3 N–H and O–H groups in total. The Kier molecular flexibility index (Phi) is 6.59. The highest BCUT2D eigenvalue weighted by atomic mass is 19.1. The third-order valence-electron chi connectivity index (χ3n) is 7.36. The minimum atomic E-state index is -0.733. The van der Waals surface area contributed by atoms with Gasteiger partial charge in [0.25, 0.3) is 0 Å². The van der Waals surface area contributed by atoms with Crippen molar-refractivity contribution >= 4 is 28.7 Å². The van der Waals surface area contributed by atoms with E-state index in [2.05, 4.69) is 32.2 Å². The lowest BCUT2D eigenvalue weighted by atomic mass is 9.96. The summed E-state index contributed by atoms with van der Waals surface area (Å²) in [5.41, 5.74) is 8.93. The molecule has 3 aromatic heterocycles. The van der Waals surface area contributed by atoms with Gasteiger partial charge in [-0.1, -0.05) is 6.92 Å². The number of pyridine rings is 1. The molecule has 2 unspecified atom stereocenters. The molecule has 2 atom stereocenters. The number of carbonyl (C=O) groups excluding carboxylic acids is 1. The van der Waals surface area contributed by atoms with E-state index in [1.165, 1.54) is 16.6 Å². The number of piperidine rings is 1. The lowest BCUT2D eigenvalue weighted by molar-refractivity contribution is -0.128. The number of nitrogens with zero attached hydrogens (tertiary/aromatic N) is 6. The summed E-state index contributed by atoms with van der Waals surface area (Å²) in [6, 6.07) is 7.84. The molecule has 0 radical (unpaired) electrons. The predicted molar refractivity (Wildman–Crippen MR) is 144 cm³/mol. The van der Waals surface area contributed by atoms with Gasteiger partial charge in [-0.25, -0.2) is 13.8 Å². The van der Waals surface area contributed by atoms with E-state index in [1.54, 1.807) is 35.6 Å². The molecule has 1 amide bonds. The average Bonchev–Trinajstić information content (AvgIpc) is 3.49. The largest absolute Gasteiger partial charge is 0.368 e. The first kappa shape index (κ1) is 25.2. The van der Waals surface area contributed by atoms with E-state index in [0.29, 0.717) is 35.9 Å². The molecular formula is C28H30F2N8O. The van der Waals surface area contributed by atoms with Gasteiger partial charge in [0.2, 0.25) is 11.9 Å². The number of hydrogen-bond acceptors (Lipinski definition) is 7. The predicted octanol–water partition coefficient (Wildman–Crippen LogP) is 4.11. The average molecular weight is 533 g/mol. The van der Waals surface area contributed by atoms with Crippen molar-refractivity contribution in [2.75, 3.05) is 29.9 Å². The molecule has 9 nitrogen and oxygen atoms in total. The minimum absolute atomic E-state index is 0.00145. The summed E-state index contributed by atoms with van der Waals surface area (Å²) in [5.74, 6) is -0.619. The van der Waals surface area contributed by atoms with Crippen molar-refractivity contribution < 1.29 is 13.6 Å². The summed E-state index contributed by atoms with van der Waals surface area (Å²) in [6.45, 7) is 4.57. The van der Waals surface area contributed by atoms with E-state index in [0.717, 1.165) is 37.3 Å². The molecule has 2 aliphatic rings. The van der Waals surface area contributed by atoms with Crippen LogP contribution >= 0.6 is 0 Å². The van der Waals surface area contributed by atoms with Gasteiger partial charge in [0.1, 0.15) is 11.6 Å². The number of imidazole rings is 1. The van der Waals surface area contributed by atoms with Crippen LogP contribution in [0.25, 0.3) is 16.8 Å². The highest BCUT2D eigenvalue weighted by molar-refractivity contribution is 5.78. The molecule has 0 aliphatic carbocycles. The number of halogens is 2. The number of rotatable bonds is 6. The molecule has 2 aliphatic heterocycles. The number of amides is 1. The zero-order valence-corrected chi connectivity index (χ0v) is 21.6. The number of hydrogen-bond donors (Lipinski definition) is 2. The second-order valence-corrected chi connectivity index (χ2v) is 10.5. The van der Waals surface area contributed by atoms with Gasteiger partial charge in [-0.15, -0.1) is 0 Å². The van der Waals surface area contributed by atoms with Gasteiger partial charge >= 0.3 is 0 Å². The molecule has 1 aromatic carbocycles. The van der Waals surface area contributed by atoms with Crippen molar-refractivity contribution in [1.29, 1.82) is 0 Å². The summed E-state index contributed by atoms with van der Waals surface area (Å²) >= 11 is 0. The number of nitrogens with one attached hydrogen (secondary N) is 1. The highest BCUT2D eigenvalue weighted by Crippen LogP contribution is 2.32. The van der Waals surface area contributed by atoms with Crippen molar-refractivity contribution in [3.8, 4) is 11.3 Å². The van der Waals surface area contributed by atoms with Crippen LogP contribution in [-0.4, -0.2) is 56.1 Å². The first-order chi connectivity index (χ1) is 18.9. The normalized spacial score (nSPS) is 19.7. The van der Waals surface area contributed by atoms with E-state index >= 15 is 8.78 Å². The Morgan fingerprint density at radius 1 is 1.13 bits per heavy atom. The van der Waals surface area contributed by atoms with Crippen molar-refractivity contribution in [3.05, 3.63) is 66.1 Å². The van der Waals surface area contributed by atoms with Crippen molar-refractivity contribution in [2.45, 2.75) is 38.8 Å². The molecule has 0 spiro atoms. The molecule has 202 valence electrons. The standard InChI is InChI=1S/C28H30F2N8O/c1-17-9-19(31)16-37(14-17)25-6-7-32-13-24(25)34-28-33-12-20-4-5-23(35-38(20)28)27-21(29)10-18(11-22(27)30)15-36-8-2-3-26(36)39/h4-7,10-13,17,19H,2-3,8-9,14-16,31H2,1H3,(H,33,34). The molecule has 6 rings (SSSR count). The van der Waals surface area contributed by atoms with E-state index in [4.69, 9.17) is 5.73 Å². The summed E-state index contributed by atoms with van der Waals surface area (Å²) < 4.78 is 32.0. The number of likely N-dealkylation sites (tertiary alicyclic amines) is 1. The van der Waals surface area contributed by atoms with Crippen LogP contribution in [0.3, 0.4) is 0 Å². The van der Waals surface area contributed by atoms with Gasteiger partial charge in [0, 0.05) is 44.8 Å². The fourth-order valence-corrected chi connectivity index (χ4v) is 5.63. The third kappa shape index (κ3) is 5.01. The Labute approximate surface area is 224 Å². The van der Waals surface area contributed by atoms with Crippen LogP contribution in [0.4, 0.5) is 26.1 Å². The SMILES string of the molecule is CC1CC(N)CN(c2ccncc2Nc2ncc3ccc(-c4c(F)cc(CN5CCCC5=O)cc4F)nn23)C1. The fraction of sp³-hybridized carbons (Fsp3) is 0.357. The Hall–Kier alpha value is -4.12. The first-order valence-electron chi connectivity index (χ1n) is 13.2. The quantitative estimate of drug-likeness (QED) is 0.385. The molecule has 11 heteroatoms. The maximum absolute atomic E-state index is 15.2. The second-order valence-electron chi connectivity index (χ2n) is 10.5. The van der Waals surface area contributed by atoms with Crippen molar-refractivity contribution in [3.63, 3.8) is 0 Å². The molecular weight excluding hydrogens is 502 g/mol. The zero-order valence-electron chi connectivity index (χ0n) is 21.6. The molecule has 0 saturated carbocycles. The van der Waals surface area contributed by atoms with Gasteiger partial charge in [-0.3, -0.25) is 9.78 Å². The smallest absolute Gasteiger partial charge is 0.229 e. The molecule has 2 saturated heterocycles. The van der Waals surface area contributed by atoms with Crippen LogP contribution in [0.1, 0.15) is 31.7 Å². The van der Waals surface area contributed by atoms with Crippen molar-refractivity contribution in [1.82, 2.24) is 24.5 Å². The summed E-state index contributed by atoms with van der Waals surface area (Å²) in [4.78, 5) is 24.5. The van der Waals surface area contributed by atoms with Crippen LogP contribution in [0.15, 0.2) is 48.9 Å². The zero-order chi connectivity index (χ0) is 27.1. The van der Waals surface area contributed by atoms with Crippen LogP contribution in [0.2, 0.25) is 0 Å². The van der Waals surface area contributed by atoms with Crippen molar-refractivity contribution in [2.24, 2.45) is 11.7 Å². The topological polar surface area (TPSA) is 105 Å². The summed E-state index contributed by atoms with van der Waals surface area (Å²) in [5, 5.41) is 7.83. The third-order valence-corrected chi connectivity index (χ3v) is 7.36. The van der Waals surface area contributed by atoms with E-state index in [-0.39, 0.29) is 29.8 Å². The van der Waals surface area contributed by atoms with Gasteiger partial charge in [-0.05, 0) is 54.7 Å². The van der Waals surface area contributed by atoms with Crippen LogP contribution in [-0.2, 0) is 11.3 Å². The highest BCUT2D eigenvalue weighted by Gasteiger charge is 2.25. The molecule has 4 aromatic rings. The van der Waals surface area contributed by atoms with Gasteiger partial charge in [0.05, 0.1) is 40.5 Å². The number of carbonyl (C=O) groups is 1. The van der Waals surface area contributed by atoms with Gasteiger partial charge < -0.3 is 20.9 Å². The molecule has 39 heavy (non-hydrogen) atoms. The first-order valence-corrected chi connectivity index (χ1v) is 13.2. The van der Waals surface area contributed by atoms with Crippen LogP contribution in [0, 0.1) is 17.6 Å². The van der Waals surface area contributed by atoms with E-state index < -0.39 is 11.6 Å². The molecule has 0 bridgehead atoms. The van der Waals surface area contributed by atoms with E-state index in [9.17, 15) is 4.79 Å². The molecule has 5 heterocycles. The number of aromatic nitrogens is 4. The van der Waals surface area contributed by atoms with Crippen LogP contribution < -0.4 is 16.0 Å². The van der Waals surface area contributed by atoms with Crippen LogP contribution in [0.5, 0.6) is 0 Å².